The molecule has 0 spiro atoms. The fourth-order valence-corrected chi connectivity index (χ4v) is 1.99. The van der Waals surface area contributed by atoms with Gasteiger partial charge in [0.05, 0.1) is 6.54 Å². The lowest BCUT2D eigenvalue weighted by Crippen LogP contribution is -2.21. The summed E-state index contributed by atoms with van der Waals surface area (Å²) in [5, 5.41) is 5.21. The van der Waals surface area contributed by atoms with Gasteiger partial charge in [-0.1, -0.05) is 0 Å². The van der Waals surface area contributed by atoms with Gasteiger partial charge in [0.2, 0.25) is 5.91 Å². The molecule has 88 valence electrons. The smallest absolute Gasteiger partial charge is 0.239 e. The van der Waals surface area contributed by atoms with Gasteiger partial charge >= 0.3 is 0 Å². The van der Waals surface area contributed by atoms with Gasteiger partial charge in [0, 0.05) is 22.8 Å². The largest absolute Gasteiger partial charge is 0.322 e. The molecule has 0 saturated heterocycles. The van der Waals surface area contributed by atoms with E-state index < -0.39 is 0 Å². The molecule has 0 fully saturated rings. The highest BCUT2D eigenvalue weighted by atomic mass is 32.1. The Hall–Kier alpha value is -1.79. The number of pyridine rings is 1. The number of aryl methyl sites for hydroxylation is 1. The minimum Gasteiger partial charge on any atom is -0.322 e. The van der Waals surface area contributed by atoms with Crippen LogP contribution in [0.4, 0.5) is 5.82 Å². The molecule has 0 atom stereocenters. The molecular weight excluding hydrogens is 236 g/mol. The summed E-state index contributed by atoms with van der Waals surface area (Å²) in [6.07, 6.45) is 1.77. The van der Waals surface area contributed by atoms with E-state index in [1.165, 1.54) is 11.3 Å². The van der Waals surface area contributed by atoms with Crippen LogP contribution in [0.3, 0.4) is 0 Å². The van der Waals surface area contributed by atoms with Crippen LogP contribution in [0, 0.1) is 6.92 Å². The van der Waals surface area contributed by atoms with Gasteiger partial charge in [0.1, 0.15) is 10.8 Å². The van der Waals surface area contributed by atoms with Crippen molar-refractivity contribution in [1.29, 1.82) is 0 Å². The first kappa shape index (κ1) is 11.7. The summed E-state index contributed by atoms with van der Waals surface area (Å²) in [4.78, 5) is 19.6. The van der Waals surface area contributed by atoms with Crippen molar-refractivity contribution in [2.75, 3.05) is 11.9 Å². The molecule has 0 aliphatic rings. The van der Waals surface area contributed by atoms with E-state index in [1.807, 2.05) is 19.1 Å². The van der Waals surface area contributed by atoms with Gasteiger partial charge in [-0.15, -0.1) is 11.3 Å². The number of hydrogen-bond acceptors (Lipinski definition) is 5. The van der Waals surface area contributed by atoms with E-state index >= 15 is 0 Å². The minimum absolute atomic E-state index is 0.0427. The summed E-state index contributed by atoms with van der Waals surface area (Å²) in [7, 11) is 0. The number of thiazole rings is 1. The van der Waals surface area contributed by atoms with Crippen LogP contribution in [0.15, 0.2) is 23.7 Å². The number of carbonyl (C=O) groups excluding carboxylic acids is 1. The van der Waals surface area contributed by atoms with Gasteiger partial charge in [-0.05, 0) is 19.1 Å². The Balaban J connectivity index is 2.18. The zero-order chi connectivity index (χ0) is 12.3. The SMILES string of the molecule is Cc1ccc(-c2nc(NC(=O)CN)cs2)cn1. The molecule has 1 amide bonds. The first-order chi connectivity index (χ1) is 8.19. The fourth-order valence-electron chi connectivity index (χ4n) is 1.25. The van der Waals surface area contributed by atoms with Crippen LogP contribution in [0.2, 0.25) is 0 Å². The molecule has 0 radical (unpaired) electrons. The first-order valence-corrected chi connectivity index (χ1v) is 5.95. The first-order valence-electron chi connectivity index (χ1n) is 5.07. The van der Waals surface area contributed by atoms with Crippen molar-refractivity contribution < 1.29 is 4.79 Å². The average Bonchev–Trinajstić information content (AvgIpc) is 2.78. The van der Waals surface area contributed by atoms with Crippen molar-refractivity contribution in [2.45, 2.75) is 6.92 Å². The lowest BCUT2D eigenvalue weighted by Gasteiger charge is -1.98. The van der Waals surface area contributed by atoms with E-state index in [9.17, 15) is 4.79 Å². The van der Waals surface area contributed by atoms with Crippen molar-refractivity contribution in [3.63, 3.8) is 0 Å². The van der Waals surface area contributed by atoms with Crippen molar-refractivity contribution in [3.8, 4) is 10.6 Å². The summed E-state index contributed by atoms with van der Waals surface area (Å²) >= 11 is 1.45. The number of anilines is 1. The monoisotopic (exact) mass is 248 g/mol. The molecule has 0 aliphatic carbocycles. The van der Waals surface area contributed by atoms with E-state index in [2.05, 4.69) is 15.3 Å². The topological polar surface area (TPSA) is 80.9 Å². The summed E-state index contributed by atoms with van der Waals surface area (Å²) < 4.78 is 0. The Bertz CT molecular complexity index is 521. The van der Waals surface area contributed by atoms with Gasteiger partial charge in [-0.25, -0.2) is 4.98 Å². The molecule has 2 aromatic heterocycles. The highest BCUT2D eigenvalue weighted by Crippen LogP contribution is 2.25. The molecule has 6 heteroatoms. The maximum Gasteiger partial charge on any atom is 0.239 e. The molecule has 3 N–H and O–H groups in total. The van der Waals surface area contributed by atoms with Crippen LogP contribution < -0.4 is 11.1 Å². The second-order valence-corrected chi connectivity index (χ2v) is 4.34. The summed E-state index contributed by atoms with van der Waals surface area (Å²) in [6.45, 7) is 1.89. The van der Waals surface area contributed by atoms with Gasteiger partial charge in [0.25, 0.3) is 0 Å². The standard InChI is InChI=1S/C11H12N4OS/c1-7-2-3-8(5-13-7)11-15-9(6-17-11)14-10(16)4-12/h2-3,5-6H,4,12H2,1H3,(H,14,16). The third kappa shape index (κ3) is 2.86. The number of nitrogens with one attached hydrogen (secondary N) is 1. The van der Waals surface area contributed by atoms with E-state index in [-0.39, 0.29) is 12.5 Å². The predicted octanol–water partition coefficient (Wildman–Crippen LogP) is 1.41. The molecule has 0 bridgehead atoms. The van der Waals surface area contributed by atoms with Gasteiger partial charge in [-0.2, -0.15) is 0 Å². The Kier molecular flexibility index (Phi) is 3.46. The third-order valence-corrected chi connectivity index (χ3v) is 3.01. The molecule has 0 aromatic carbocycles. The van der Waals surface area contributed by atoms with E-state index in [4.69, 9.17) is 5.73 Å². The van der Waals surface area contributed by atoms with Crippen LogP contribution in [-0.4, -0.2) is 22.4 Å². The Morgan fingerprint density at radius 1 is 1.53 bits per heavy atom. The number of rotatable bonds is 3. The second-order valence-electron chi connectivity index (χ2n) is 3.48. The van der Waals surface area contributed by atoms with Crippen LogP contribution in [0.5, 0.6) is 0 Å². The van der Waals surface area contributed by atoms with Crippen molar-refractivity contribution >= 4 is 23.1 Å². The van der Waals surface area contributed by atoms with Crippen LogP contribution in [-0.2, 0) is 4.79 Å². The maximum atomic E-state index is 11.1. The van der Waals surface area contributed by atoms with Crippen LogP contribution >= 0.6 is 11.3 Å². The lowest BCUT2D eigenvalue weighted by molar-refractivity contribution is -0.114. The summed E-state index contributed by atoms with van der Waals surface area (Å²) in [5.74, 6) is 0.282. The number of hydrogen-bond donors (Lipinski definition) is 2. The zero-order valence-corrected chi connectivity index (χ0v) is 10.1. The van der Waals surface area contributed by atoms with Gasteiger partial charge < -0.3 is 11.1 Å². The molecular formula is C11H12N4OS. The second kappa shape index (κ2) is 5.03. The van der Waals surface area contributed by atoms with Crippen molar-refractivity contribution in [2.24, 2.45) is 5.73 Å². The highest BCUT2D eigenvalue weighted by molar-refractivity contribution is 7.13. The maximum absolute atomic E-state index is 11.1. The van der Waals surface area contributed by atoms with E-state index in [0.717, 1.165) is 16.3 Å². The number of carbonyl (C=O) groups is 1. The number of aromatic nitrogens is 2. The minimum atomic E-state index is -0.246. The quantitative estimate of drug-likeness (QED) is 0.860. The molecule has 2 rings (SSSR count). The normalized spacial score (nSPS) is 10.2. The zero-order valence-electron chi connectivity index (χ0n) is 9.30. The predicted molar refractivity (Wildman–Crippen MR) is 67.8 cm³/mol. The number of nitrogens with two attached hydrogens (primary N) is 1. The Morgan fingerprint density at radius 2 is 2.35 bits per heavy atom. The van der Waals surface area contributed by atoms with Crippen molar-refractivity contribution in [1.82, 2.24) is 9.97 Å². The van der Waals surface area contributed by atoms with Gasteiger partial charge in [0.15, 0.2) is 0 Å². The van der Waals surface area contributed by atoms with Gasteiger partial charge in [-0.3, -0.25) is 9.78 Å². The number of nitrogens with zero attached hydrogens (tertiary/aromatic N) is 2. The van der Waals surface area contributed by atoms with Crippen LogP contribution in [0.1, 0.15) is 5.69 Å². The van der Waals surface area contributed by atoms with E-state index in [0.29, 0.717) is 5.82 Å². The fraction of sp³-hybridized carbons (Fsp3) is 0.182. The number of amides is 1. The summed E-state index contributed by atoms with van der Waals surface area (Å²) in [6, 6.07) is 3.88. The van der Waals surface area contributed by atoms with Crippen LogP contribution in [0.25, 0.3) is 10.6 Å². The Labute approximate surface area is 103 Å². The molecule has 5 nitrogen and oxygen atoms in total. The molecule has 0 unspecified atom stereocenters. The lowest BCUT2D eigenvalue weighted by atomic mass is 10.3. The molecule has 0 aliphatic heterocycles. The molecule has 17 heavy (non-hydrogen) atoms. The summed E-state index contributed by atoms with van der Waals surface area (Å²) in [5.41, 5.74) is 7.11. The average molecular weight is 248 g/mol. The Morgan fingerprint density at radius 3 is 3.00 bits per heavy atom. The highest BCUT2D eigenvalue weighted by Gasteiger charge is 2.06. The molecule has 0 saturated carbocycles. The molecule has 2 aromatic rings. The van der Waals surface area contributed by atoms with E-state index in [1.54, 1.807) is 11.6 Å². The third-order valence-electron chi connectivity index (χ3n) is 2.12. The van der Waals surface area contributed by atoms with Crippen molar-refractivity contribution in [3.05, 3.63) is 29.4 Å². The molecule has 2 heterocycles.